The highest BCUT2D eigenvalue weighted by Crippen LogP contribution is 2.32. The summed E-state index contributed by atoms with van der Waals surface area (Å²) in [6, 6.07) is 0. The Morgan fingerprint density at radius 2 is 1.85 bits per heavy atom. The molecule has 0 unspecified atom stereocenters. The second-order valence-corrected chi connectivity index (χ2v) is 6.00. The molecule has 20 heavy (non-hydrogen) atoms. The molecule has 6 heteroatoms. The maximum absolute atomic E-state index is 10.6. The van der Waals surface area contributed by atoms with Crippen molar-refractivity contribution in [1.82, 2.24) is 9.97 Å². The second-order valence-electron chi connectivity index (χ2n) is 6.00. The zero-order chi connectivity index (χ0) is 14.8. The SMILES string of the molecule is Cc1nc(NN)c(C)c(NCC2(O)CCC(C)CC2)n1. The van der Waals surface area contributed by atoms with Crippen molar-refractivity contribution in [2.24, 2.45) is 11.8 Å². The van der Waals surface area contributed by atoms with Gasteiger partial charge in [0.05, 0.1) is 5.60 Å². The molecule has 0 aromatic carbocycles. The first kappa shape index (κ1) is 15.0. The van der Waals surface area contributed by atoms with Gasteiger partial charge in [-0.2, -0.15) is 0 Å². The number of rotatable bonds is 4. The van der Waals surface area contributed by atoms with Gasteiger partial charge in [-0.3, -0.25) is 0 Å². The van der Waals surface area contributed by atoms with Crippen molar-refractivity contribution in [2.45, 2.75) is 52.1 Å². The van der Waals surface area contributed by atoms with Gasteiger partial charge in [0.15, 0.2) is 0 Å². The van der Waals surface area contributed by atoms with E-state index in [9.17, 15) is 5.11 Å². The third-order valence-corrected chi connectivity index (χ3v) is 4.18. The van der Waals surface area contributed by atoms with Gasteiger partial charge in [-0.15, -0.1) is 0 Å². The number of nitrogens with zero attached hydrogens (tertiary/aromatic N) is 2. The summed E-state index contributed by atoms with van der Waals surface area (Å²) in [5.74, 6) is 8.16. The molecule has 0 bridgehead atoms. The van der Waals surface area contributed by atoms with E-state index in [2.05, 4.69) is 27.6 Å². The fourth-order valence-electron chi connectivity index (χ4n) is 2.67. The number of nitrogens with one attached hydrogen (secondary N) is 2. The predicted octanol–water partition coefficient (Wildman–Crippen LogP) is 1.73. The van der Waals surface area contributed by atoms with Crippen molar-refractivity contribution < 1.29 is 5.11 Å². The summed E-state index contributed by atoms with van der Waals surface area (Å²) in [4.78, 5) is 8.61. The van der Waals surface area contributed by atoms with E-state index in [1.165, 1.54) is 0 Å². The lowest BCUT2D eigenvalue weighted by atomic mass is 9.79. The quantitative estimate of drug-likeness (QED) is 0.495. The maximum atomic E-state index is 10.6. The Balaban J connectivity index is 2.05. The van der Waals surface area contributed by atoms with E-state index in [4.69, 9.17) is 5.84 Å². The first-order valence-electron chi connectivity index (χ1n) is 7.21. The molecule has 6 nitrogen and oxygen atoms in total. The van der Waals surface area contributed by atoms with Gasteiger partial charge >= 0.3 is 0 Å². The Morgan fingerprint density at radius 1 is 1.25 bits per heavy atom. The van der Waals surface area contributed by atoms with Crippen LogP contribution in [0.25, 0.3) is 0 Å². The topological polar surface area (TPSA) is 96.1 Å². The maximum Gasteiger partial charge on any atom is 0.148 e. The third kappa shape index (κ3) is 3.37. The van der Waals surface area contributed by atoms with E-state index in [0.29, 0.717) is 24.1 Å². The molecule has 0 radical (unpaired) electrons. The zero-order valence-corrected chi connectivity index (χ0v) is 12.5. The number of hydrogen-bond donors (Lipinski definition) is 4. The van der Waals surface area contributed by atoms with Crippen molar-refractivity contribution in [2.75, 3.05) is 17.3 Å². The standard InChI is InChI=1S/C14H25N5O/c1-9-4-6-14(20,7-5-9)8-16-12-10(2)13(19-15)18-11(3)17-12/h9,20H,4-8,15H2,1-3H3,(H2,16,17,18,19). The molecule has 1 aromatic heterocycles. The number of anilines is 2. The van der Waals surface area contributed by atoms with Gasteiger partial charge in [0.25, 0.3) is 0 Å². The van der Waals surface area contributed by atoms with Crippen LogP contribution in [0, 0.1) is 19.8 Å². The third-order valence-electron chi connectivity index (χ3n) is 4.18. The van der Waals surface area contributed by atoms with Crippen LogP contribution in [-0.4, -0.2) is 27.2 Å². The molecule has 1 aromatic rings. The summed E-state index contributed by atoms with van der Waals surface area (Å²) < 4.78 is 0. The molecule has 1 fully saturated rings. The minimum atomic E-state index is -0.631. The molecule has 1 aliphatic rings. The Labute approximate surface area is 120 Å². The fourth-order valence-corrected chi connectivity index (χ4v) is 2.67. The van der Waals surface area contributed by atoms with Crippen LogP contribution >= 0.6 is 0 Å². The molecule has 5 N–H and O–H groups in total. The van der Waals surface area contributed by atoms with E-state index in [0.717, 1.165) is 37.1 Å². The van der Waals surface area contributed by atoms with Gasteiger partial charge in [-0.25, -0.2) is 15.8 Å². The number of aliphatic hydroxyl groups is 1. The average molecular weight is 279 g/mol. The number of nitrogens with two attached hydrogens (primary N) is 1. The number of aryl methyl sites for hydroxylation is 1. The average Bonchev–Trinajstić information content (AvgIpc) is 2.43. The van der Waals surface area contributed by atoms with Crippen molar-refractivity contribution in [3.63, 3.8) is 0 Å². The smallest absolute Gasteiger partial charge is 0.148 e. The molecule has 1 heterocycles. The highest BCUT2D eigenvalue weighted by atomic mass is 16.3. The molecular formula is C14H25N5O. The van der Waals surface area contributed by atoms with Crippen LogP contribution in [0.15, 0.2) is 0 Å². The second kappa shape index (κ2) is 5.93. The van der Waals surface area contributed by atoms with Crippen molar-refractivity contribution in [3.8, 4) is 0 Å². The van der Waals surface area contributed by atoms with Gasteiger partial charge in [0.2, 0.25) is 0 Å². The van der Waals surface area contributed by atoms with E-state index in [-0.39, 0.29) is 0 Å². The monoisotopic (exact) mass is 279 g/mol. The fraction of sp³-hybridized carbons (Fsp3) is 0.714. The normalized spacial score (nSPS) is 26.4. The molecule has 0 aliphatic heterocycles. The summed E-state index contributed by atoms with van der Waals surface area (Å²) in [6.45, 7) is 6.48. The summed E-state index contributed by atoms with van der Waals surface area (Å²) in [5, 5.41) is 13.8. The van der Waals surface area contributed by atoms with Crippen LogP contribution in [0.3, 0.4) is 0 Å². The minimum Gasteiger partial charge on any atom is -0.388 e. The molecule has 1 saturated carbocycles. The highest BCUT2D eigenvalue weighted by molar-refractivity contribution is 5.56. The molecule has 0 spiro atoms. The molecule has 0 amide bonds. The summed E-state index contributed by atoms with van der Waals surface area (Å²) in [6.07, 6.45) is 3.84. The van der Waals surface area contributed by atoms with E-state index >= 15 is 0 Å². The zero-order valence-electron chi connectivity index (χ0n) is 12.5. The van der Waals surface area contributed by atoms with Crippen molar-refractivity contribution >= 4 is 11.6 Å². The van der Waals surface area contributed by atoms with Crippen LogP contribution in [0.5, 0.6) is 0 Å². The Hall–Kier alpha value is -1.40. The van der Waals surface area contributed by atoms with Crippen LogP contribution in [0.1, 0.15) is 44.0 Å². The van der Waals surface area contributed by atoms with Gasteiger partial charge in [0, 0.05) is 12.1 Å². The van der Waals surface area contributed by atoms with E-state index < -0.39 is 5.60 Å². The van der Waals surface area contributed by atoms with Gasteiger partial charge in [0.1, 0.15) is 17.5 Å². The number of aromatic nitrogens is 2. The minimum absolute atomic E-state index is 0.515. The largest absolute Gasteiger partial charge is 0.388 e. The number of hydrazine groups is 1. The first-order chi connectivity index (χ1) is 9.43. The first-order valence-corrected chi connectivity index (χ1v) is 7.21. The van der Waals surface area contributed by atoms with Crippen LogP contribution in [0.2, 0.25) is 0 Å². The Morgan fingerprint density at radius 3 is 2.45 bits per heavy atom. The van der Waals surface area contributed by atoms with E-state index in [1.54, 1.807) is 0 Å². The lowest BCUT2D eigenvalue weighted by Gasteiger charge is -2.35. The van der Waals surface area contributed by atoms with Gasteiger partial charge in [-0.05, 0) is 45.4 Å². The van der Waals surface area contributed by atoms with Crippen molar-refractivity contribution in [3.05, 3.63) is 11.4 Å². The Kier molecular flexibility index (Phi) is 4.45. The van der Waals surface area contributed by atoms with Crippen molar-refractivity contribution in [1.29, 1.82) is 0 Å². The van der Waals surface area contributed by atoms with Crippen LogP contribution in [-0.2, 0) is 0 Å². The molecular weight excluding hydrogens is 254 g/mol. The molecule has 112 valence electrons. The van der Waals surface area contributed by atoms with Gasteiger partial charge in [-0.1, -0.05) is 6.92 Å². The molecule has 0 atom stereocenters. The van der Waals surface area contributed by atoms with Crippen LogP contribution < -0.4 is 16.6 Å². The summed E-state index contributed by atoms with van der Waals surface area (Å²) in [5.41, 5.74) is 2.81. The van der Waals surface area contributed by atoms with E-state index in [1.807, 2.05) is 13.8 Å². The molecule has 0 saturated heterocycles. The predicted molar refractivity (Wildman–Crippen MR) is 80.4 cm³/mol. The summed E-state index contributed by atoms with van der Waals surface area (Å²) >= 11 is 0. The van der Waals surface area contributed by atoms with Gasteiger partial charge < -0.3 is 15.8 Å². The molecule has 1 aliphatic carbocycles. The van der Waals surface area contributed by atoms with Crippen LogP contribution in [0.4, 0.5) is 11.6 Å². The highest BCUT2D eigenvalue weighted by Gasteiger charge is 2.31. The lowest BCUT2D eigenvalue weighted by molar-refractivity contribution is 0.00493. The number of nitrogen functional groups attached to an aromatic ring is 1. The summed E-state index contributed by atoms with van der Waals surface area (Å²) in [7, 11) is 0. The Bertz CT molecular complexity index is 469. The lowest BCUT2D eigenvalue weighted by Crippen LogP contribution is -2.40. The molecule has 2 rings (SSSR count). The number of hydrogen-bond acceptors (Lipinski definition) is 6.